The first-order valence-electron chi connectivity index (χ1n) is 12.7. The maximum atomic E-state index is 4.53. The number of fused-ring (bicyclic) bond motifs is 4. The molecule has 2 heteroatoms. The third-order valence-electron chi connectivity index (χ3n) is 7.37. The molecular formula is C35H26N2. The van der Waals surface area contributed by atoms with Gasteiger partial charge in [-0.15, -0.1) is 0 Å². The summed E-state index contributed by atoms with van der Waals surface area (Å²) in [6.45, 7) is 4.33. The maximum Gasteiger partial charge on any atom is 0.0708 e. The molecule has 2 nitrogen and oxygen atoms in total. The number of pyridine rings is 1. The van der Waals surface area contributed by atoms with E-state index in [0.717, 1.165) is 5.52 Å². The Balaban J connectivity index is 1.41. The largest absolute Gasteiger partial charge is 0.309 e. The van der Waals surface area contributed by atoms with E-state index < -0.39 is 0 Å². The van der Waals surface area contributed by atoms with E-state index in [0.29, 0.717) is 0 Å². The molecule has 0 saturated heterocycles. The third-order valence-corrected chi connectivity index (χ3v) is 7.37. The Morgan fingerprint density at radius 1 is 0.514 bits per heavy atom. The number of para-hydroxylation sites is 1. The first-order valence-corrected chi connectivity index (χ1v) is 12.7. The van der Waals surface area contributed by atoms with Crippen molar-refractivity contribution in [1.82, 2.24) is 9.55 Å². The third kappa shape index (κ3) is 3.53. The molecule has 7 aromatic rings. The van der Waals surface area contributed by atoms with Crippen molar-refractivity contribution in [3.05, 3.63) is 133 Å². The lowest BCUT2D eigenvalue weighted by atomic mass is 9.97. The van der Waals surface area contributed by atoms with Gasteiger partial charge in [0, 0.05) is 27.9 Å². The Morgan fingerprint density at radius 3 is 1.84 bits per heavy atom. The lowest BCUT2D eigenvalue weighted by Gasteiger charge is -2.15. The summed E-state index contributed by atoms with van der Waals surface area (Å²) in [6, 6.07) is 41.7. The number of hydrogen-bond donors (Lipinski definition) is 0. The van der Waals surface area contributed by atoms with Gasteiger partial charge < -0.3 is 4.57 Å². The van der Waals surface area contributed by atoms with Crippen molar-refractivity contribution in [2.45, 2.75) is 13.8 Å². The van der Waals surface area contributed by atoms with Crippen molar-refractivity contribution in [3.8, 4) is 27.9 Å². The van der Waals surface area contributed by atoms with Crippen molar-refractivity contribution >= 4 is 32.7 Å². The molecule has 7 rings (SSSR count). The quantitative estimate of drug-likeness (QED) is 0.249. The van der Waals surface area contributed by atoms with Crippen molar-refractivity contribution in [3.63, 3.8) is 0 Å². The maximum absolute atomic E-state index is 4.53. The van der Waals surface area contributed by atoms with E-state index in [2.05, 4.69) is 133 Å². The molecule has 0 spiro atoms. The van der Waals surface area contributed by atoms with Crippen molar-refractivity contribution in [1.29, 1.82) is 0 Å². The minimum atomic E-state index is 1.02. The Bertz CT molecular complexity index is 1880. The van der Waals surface area contributed by atoms with Crippen molar-refractivity contribution in [2.75, 3.05) is 0 Å². The Hall–Kier alpha value is -4.69. The smallest absolute Gasteiger partial charge is 0.0708 e. The van der Waals surface area contributed by atoms with Gasteiger partial charge in [0.25, 0.3) is 0 Å². The molecule has 0 fully saturated rings. The van der Waals surface area contributed by atoms with Gasteiger partial charge in [0.2, 0.25) is 0 Å². The van der Waals surface area contributed by atoms with Gasteiger partial charge in [-0.1, -0.05) is 83.9 Å². The molecule has 2 heterocycles. The molecule has 0 aliphatic heterocycles. The zero-order valence-corrected chi connectivity index (χ0v) is 20.9. The highest BCUT2D eigenvalue weighted by molar-refractivity contribution is 6.10. The van der Waals surface area contributed by atoms with Gasteiger partial charge in [0.15, 0.2) is 0 Å². The van der Waals surface area contributed by atoms with E-state index in [9.17, 15) is 0 Å². The van der Waals surface area contributed by atoms with Crippen molar-refractivity contribution < 1.29 is 0 Å². The summed E-state index contributed by atoms with van der Waals surface area (Å²) in [7, 11) is 0. The van der Waals surface area contributed by atoms with Gasteiger partial charge in [0.05, 0.1) is 22.2 Å². The van der Waals surface area contributed by atoms with Crippen LogP contribution in [0.5, 0.6) is 0 Å². The molecule has 0 radical (unpaired) electrons. The van der Waals surface area contributed by atoms with E-state index in [1.807, 2.05) is 12.3 Å². The molecule has 0 aliphatic carbocycles. The molecule has 37 heavy (non-hydrogen) atoms. The summed E-state index contributed by atoms with van der Waals surface area (Å²) in [5.41, 5.74) is 12.1. The molecule has 5 aromatic carbocycles. The molecule has 2 aromatic heterocycles. The zero-order valence-electron chi connectivity index (χ0n) is 20.9. The standard InChI is InChI=1S/C35H26N2/c1-23-12-18-34-30(21-23)31-22-24(2)13-19-35(31)37(34)33-11-4-3-7-28(33)26-16-14-25(15-17-26)27-8-5-10-32-29(27)9-6-20-36-32/h3-22H,1-2H3. The van der Waals surface area contributed by atoms with Crippen LogP contribution in [0, 0.1) is 13.8 Å². The number of nitrogens with zero attached hydrogens (tertiary/aromatic N) is 2. The molecular weight excluding hydrogens is 448 g/mol. The summed E-state index contributed by atoms with van der Waals surface area (Å²) in [5.74, 6) is 0. The second-order valence-corrected chi connectivity index (χ2v) is 9.85. The Labute approximate surface area is 216 Å². The van der Waals surface area contributed by atoms with Crippen molar-refractivity contribution in [2.24, 2.45) is 0 Å². The summed E-state index contributed by atoms with van der Waals surface area (Å²) in [4.78, 5) is 4.53. The van der Waals surface area contributed by atoms with Crippen LogP contribution in [0.4, 0.5) is 0 Å². The number of hydrogen-bond acceptors (Lipinski definition) is 1. The van der Waals surface area contributed by atoms with Gasteiger partial charge >= 0.3 is 0 Å². The molecule has 176 valence electrons. The van der Waals surface area contributed by atoms with Crippen LogP contribution < -0.4 is 0 Å². The van der Waals surface area contributed by atoms with E-state index in [4.69, 9.17) is 0 Å². The normalized spacial score (nSPS) is 11.5. The fraction of sp³-hybridized carbons (Fsp3) is 0.0571. The number of rotatable bonds is 3. The second-order valence-electron chi connectivity index (χ2n) is 9.85. The van der Waals surface area contributed by atoms with Gasteiger partial charge in [-0.2, -0.15) is 0 Å². The van der Waals surface area contributed by atoms with Crippen LogP contribution in [-0.4, -0.2) is 9.55 Å². The molecule has 0 aliphatic rings. The minimum absolute atomic E-state index is 1.02. The number of aromatic nitrogens is 2. The lowest BCUT2D eigenvalue weighted by molar-refractivity contribution is 1.18. The van der Waals surface area contributed by atoms with E-state index in [1.54, 1.807) is 0 Å². The highest BCUT2D eigenvalue weighted by Crippen LogP contribution is 2.37. The minimum Gasteiger partial charge on any atom is -0.309 e. The van der Waals surface area contributed by atoms with E-state index in [1.165, 1.54) is 66.3 Å². The summed E-state index contributed by atoms with van der Waals surface area (Å²) < 4.78 is 2.42. The Kier molecular flexibility index (Phi) is 4.93. The molecule has 0 unspecified atom stereocenters. The highest BCUT2D eigenvalue weighted by Gasteiger charge is 2.16. The van der Waals surface area contributed by atoms with Crippen LogP contribution in [0.2, 0.25) is 0 Å². The van der Waals surface area contributed by atoms with Gasteiger partial charge in [-0.05, 0) is 73.0 Å². The Morgan fingerprint density at radius 2 is 1.14 bits per heavy atom. The molecule has 0 N–H and O–H groups in total. The average molecular weight is 475 g/mol. The van der Waals surface area contributed by atoms with Crippen LogP contribution in [0.3, 0.4) is 0 Å². The second kappa shape index (κ2) is 8.46. The highest BCUT2D eigenvalue weighted by atomic mass is 15.0. The van der Waals surface area contributed by atoms with Gasteiger partial charge in [-0.3, -0.25) is 4.98 Å². The van der Waals surface area contributed by atoms with Gasteiger partial charge in [-0.25, -0.2) is 0 Å². The average Bonchev–Trinajstić information content (AvgIpc) is 3.25. The first-order chi connectivity index (χ1) is 18.2. The number of aryl methyl sites for hydroxylation is 2. The predicted octanol–water partition coefficient (Wildman–Crippen LogP) is 9.28. The van der Waals surface area contributed by atoms with Crippen LogP contribution in [0.1, 0.15) is 11.1 Å². The monoisotopic (exact) mass is 474 g/mol. The molecule has 0 amide bonds. The fourth-order valence-electron chi connectivity index (χ4n) is 5.61. The van der Waals surface area contributed by atoms with E-state index in [-0.39, 0.29) is 0 Å². The topological polar surface area (TPSA) is 17.8 Å². The predicted molar refractivity (Wildman–Crippen MR) is 156 cm³/mol. The number of benzene rings is 5. The summed E-state index contributed by atoms with van der Waals surface area (Å²) >= 11 is 0. The first kappa shape index (κ1) is 21.6. The SMILES string of the molecule is Cc1ccc2c(c1)c1cc(C)ccc1n2-c1ccccc1-c1ccc(-c2cccc3ncccc23)cc1. The molecule has 0 atom stereocenters. The lowest BCUT2D eigenvalue weighted by Crippen LogP contribution is -1.97. The van der Waals surface area contributed by atoms with Gasteiger partial charge in [0.1, 0.15) is 0 Å². The molecule has 0 bridgehead atoms. The van der Waals surface area contributed by atoms with Crippen LogP contribution >= 0.6 is 0 Å². The fourth-order valence-corrected chi connectivity index (χ4v) is 5.61. The molecule has 0 saturated carbocycles. The van der Waals surface area contributed by atoms with Crippen LogP contribution in [-0.2, 0) is 0 Å². The van der Waals surface area contributed by atoms with Crippen LogP contribution in [0.25, 0.3) is 60.6 Å². The van der Waals surface area contributed by atoms with Crippen LogP contribution in [0.15, 0.2) is 121 Å². The summed E-state index contributed by atoms with van der Waals surface area (Å²) in [5, 5.41) is 3.77. The zero-order chi connectivity index (χ0) is 24.9. The summed E-state index contributed by atoms with van der Waals surface area (Å²) in [6.07, 6.45) is 1.85. The van der Waals surface area contributed by atoms with E-state index >= 15 is 0 Å².